The molecule has 1 atom stereocenters. The van der Waals surface area contributed by atoms with Gasteiger partial charge < -0.3 is 20.6 Å². The Hall–Kier alpha value is -3.49. The van der Waals surface area contributed by atoms with E-state index in [0.717, 1.165) is 43.7 Å². The summed E-state index contributed by atoms with van der Waals surface area (Å²) in [6.45, 7) is 2.29. The smallest absolute Gasteiger partial charge is 0.305 e. The molecule has 0 saturated carbocycles. The molecule has 0 spiro atoms. The fourth-order valence-electron chi connectivity index (χ4n) is 3.94. The van der Waals surface area contributed by atoms with Crippen LogP contribution in [0.4, 0.5) is 5.82 Å². The lowest BCUT2D eigenvalue weighted by atomic mass is 10.0. The predicted octanol–water partition coefficient (Wildman–Crippen LogP) is 1.89. The summed E-state index contributed by atoms with van der Waals surface area (Å²) in [5, 5.41) is 14.4. The minimum absolute atomic E-state index is 0.0438. The van der Waals surface area contributed by atoms with Gasteiger partial charge in [0.1, 0.15) is 12.2 Å². The zero-order valence-electron chi connectivity index (χ0n) is 18.7. The molecule has 4 heterocycles. The van der Waals surface area contributed by atoms with Crippen LogP contribution in [0.25, 0.3) is 0 Å². The number of carbonyl (C=O) groups excluding carboxylic acids is 2. The molecule has 1 saturated heterocycles. The number of carboxylic acids is 1. The number of hydrogen-bond acceptors (Lipinski definition) is 6. The lowest BCUT2D eigenvalue weighted by Crippen LogP contribution is -2.35. The Labute approximate surface area is 193 Å². The van der Waals surface area contributed by atoms with Gasteiger partial charge in [0.05, 0.1) is 6.42 Å². The van der Waals surface area contributed by atoms with E-state index >= 15 is 0 Å². The van der Waals surface area contributed by atoms with Crippen molar-refractivity contribution >= 4 is 23.6 Å². The molecule has 2 aliphatic heterocycles. The van der Waals surface area contributed by atoms with E-state index in [9.17, 15) is 14.4 Å². The minimum atomic E-state index is -0.977. The summed E-state index contributed by atoms with van der Waals surface area (Å²) in [5.41, 5.74) is 2.30. The molecule has 0 aliphatic carbocycles. The van der Waals surface area contributed by atoms with Gasteiger partial charge in [0.15, 0.2) is 0 Å². The van der Waals surface area contributed by atoms with Crippen molar-refractivity contribution in [1.29, 1.82) is 0 Å². The Kier molecular flexibility index (Phi) is 9.17. The number of aryl methyl sites for hydroxylation is 1. The standard InChI is InChI=1S/C19H26N4O4.C5H5N/c24-16(20-8-5-18(26)27)11-17(25)23-9-6-13(12-23)10-15-4-3-14-2-1-7-21-19(14)22-15;1-2-4-6-5-3-1/h3-4,13H,1-2,5-12H2,(H,20,24)(H,21,22)(H,26,27);1-5H. The third-order valence-corrected chi connectivity index (χ3v) is 5.63. The first-order valence-corrected chi connectivity index (χ1v) is 11.3. The zero-order valence-corrected chi connectivity index (χ0v) is 18.7. The highest BCUT2D eigenvalue weighted by Crippen LogP contribution is 2.24. The van der Waals surface area contributed by atoms with Gasteiger partial charge in [-0.15, -0.1) is 0 Å². The number of fused-ring (bicyclic) bond motifs is 1. The summed E-state index contributed by atoms with van der Waals surface area (Å²) >= 11 is 0. The van der Waals surface area contributed by atoms with Crippen LogP contribution in [0.5, 0.6) is 0 Å². The first-order valence-electron chi connectivity index (χ1n) is 11.3. The van der Waals surface area contributed by atoms with Gasteiger partial charge in [-0.25, -0.2) is 4.98 Å². The molecule has 0 bridgehead atoms. The Balaban J connectivity index is 0.000000442. The van der Waals surface area contributed by atoms with Crippen molar-refractivity contribution in [1.82, 2.24) is 20.2 Å². The molecule has 0 aromatic carbocycles. The zero-order chi connectivity index (χ0) is 23.5. The molecular formula is C24H31N5O4. The van der Waals surface area contributed by atoms with Crippen LogP contribution in [-0.2, 0) is 27.2 Å². The van der Waals surface area contributed by atoms with Crippen LogP contribution in [-0.4, -0.2) is 63.9 Å². The second-order valence-electron chi connectivity index (χ2n) is 8.23. The summed E-state index contributed by atoms with van der Waals surface area (Å²) in [4.78, 5) is 44.7. The van der Waals surface area contributed by atoms with E-state index in [1.54, 1.807) is 17.3 Å². The molecular weight excluding hydrogens is 422 g/mol. The van der Waals surface area contributed by atoms with E-state index < -0.39 is 11.9 Å². The van der Waals surface area contributed by atoms with E-state index in [1.807, 2.05) is 18.2 Å². The molecule has 33 heavy (non-hydrogen) atoms. The molecule has 2 aromatic heterocycles. The Morgan fingerprint density at radius 1 is 1.18 bits per heavy atom. The maximum Gasteiger partial charge on any atom is 0.305 e. The van der Waals surface area contributed by atoms with Crippen molar-refractivity contribution in [3.8, 4) is 0 Å². The number of pyridine rings is 2. The molecule has 9 nitrogen and oxygen atoms in total. The van der Waals surface area contributed by atoms with Gasteiger partial charge in [-0.05, 0) is 55.4 Å². The third-order valence-electron chi connectivity index (χ3n) is 5.63. The monoisotopic (exact) mass is 453 g/mol. The highest BCUT2D eigenvalue weighted by molar-refractivity contribution is 5.97. The summed E-state index contributed by atoms with van der Waals surface area (Å²) in [5.74, 6) is -0.270. The number of nitrogens with zero attached hydrogens (tertiary/aromatic N) is 3. The number of rotatable bonds is 7. The number of aromatic nitrogens is 2. The van der Waals surface area contributed by atoms with Gasteiger partial charge in [0.2, 0.25) is 11.8 Å². The number of carbonyl (C=O) groups is 3. The lowest BCUT2D eigenvalue weighted by Gasteiger charge is -2.19. The number of hydrogen-bond donors (Lipinski definition) is 3. The number of likely N-dealkylation sites (tertiary alicyclic amines) is 1. The topological polar surface area (TPSA) is 125 Å². The molecule has 0 radical (unpaired) electrons. The van der Waals surface area contributed by atoms with Gasteiger partial charge in [-0.1, -0.05) is 12.1 Å². The largest absolute Gasteiger partial charge is 0.481 e. The van der Waals surface area contributed by atoms with E-state index in [4.69, 9.17) is 10.1 Å². The quantitative estimate of drug-likeness (QED) is 0.547. The van der Waals surface area contributed by atoms with Crippen LogP contribution in [0, 0.1) is 5.92 Å². The first-order chi connectivity index (χ1) is 16.0. The van der Waals surface area contributed by atoms with Crippen molar-refractivity contribution in [2.75, 3.05) is 31.5 Å². The maximum atomic E-state index is 12.3. The second-order valence-corrected chi connectivity index (χ2v) is 8.23. The van der Waals surface area contributed by atoms with E-state index in [1.165, 1.54) is 5.56 Å². The Morgan fingerprint density at radius 3 is 2.70 bits per heavy atom. The Morgan fingerprint density at radius 2 is 2.00 bits per heavy atom. The minimum Gasteiger partial charge on any atom is -0.481 e. The summed E-state index contributed by atoms with van der Waals surface area (Å²) in [7, 11) is 0. The van der Waals surface area contributed by atoms with E-state index in [0.29, 0.717) is 19.0 Å². The molecule has 1 unspecified atom stereocenters. The molecule has 3 N–H and O–H groups in total. The summed E-state index contributed by atoms with van der Waals surface area (Å²) in [6.07, 6.45) is 7.05. The normalized spacial score (nSPS) is 16.6. The molecule has 1 fully saturated rings. The highest BCUT2D eigenvalue weighted by Gasteiger charge is 2.28. The fourth-order valence-corrected chi connectivity index (χ4v) is 3.94. The van der Waals surface area contributed by atoms with Crippen molar-refractivity contribution in [2.45, 2.75) is 38.5 Å². The second kappa shape index (κ2) is 12.5. The Bertz CT molecular complexity index is 911. The average molecular weight is 454 g/mol. The molecule has 176 valence electrons. The maximum absolute atomic E-state index is 12.3. The average Bonchev–Trinajstić information content (AvgIpc) is 3.29. The fraction of sp³-hybridized carbons (Fsp3) is 0.458. The molecule has 4 rings (SSSR count). The van der Waals surface area contributed by atoms with Gasteiger partial charge in [0, 0.05) is 44.3 Å². The van der Waals surface area contributed by atoms with E-state index in [-0.39, 0.29) is 25.3 Å². The van der Waals surface area contributed by atoms with Gasteiger partial charge >= 0.3 is 5.97 Å². The molecule has 2 aliphatic rings. The lowest BCUT2D eigenvalue weighted by molar-refractivity contribution is -0.136. The van der Waals surface area contributed by atoms with Crippen molar-refractivity contribution in [3.05, 3.63) is 54.0 Å². The van der Waals surface area contributed by atoms with Crippen LogP contribution in [0.15, 0.2) is 42.7 Å². The highest BCUT2D eigenvalue weighted by atomic mass is 16.4. The van der Waals surface area contributed by atoms with Crippen molar-refractivity contribution in [2.24, 2.45) is 5.92 Å². The summed E-state index contributed by atoms with van der Waals surface area (Å²) < 4.78 is 0. The first kappa shape index (κ1) is 24.2. The number of carboxylic acid groups (broad SMARTS) is 1. The van der Waals surface area contributed by atoms with Crippen LogP contribution in [0.3, 0.4) is 0 Å². The van der Waals surface area contributed by atoms with Gasteiger partial charge in [0.25, 0.3) is 0 Å². The summed E-state index contributed by atoms with van der Waals surface area (Å²) in [6, 6.07) is 9.93. The molecule has 2 aromatic rings. The SMILES string of the molecule is O=C(O)CCNC(=O)CC(=O)N1CCC(Cc2ccc3c(n2)NCCC3)C1.c1ccncc1. The van der Waals surface area contributed by atoms with Gasteiger partial charge in [-0.3, -0.25) is 19.4 Å². The van der Waals surface area contributed by atoms with Gasteiger partial charge in [-0.2, -0.15) is 0 Å². The molecule has 9 heteroatoms. The van der Waals surface area contributed by atoms with Crippen LogP contribution < -0.4 is 10.6 Å². The molecule has 2 amide bonds. The predicted molar refractivity (Wildman–Crippen MR) is 124 cm³/mol. The third kappa shape index (κ3) is 8.17. The van der Waals surface area contributed by atoms with E-state index in [2.05, 4.69) is 27.8 Å². The number of amides is 2. The van der Waals surface area contributed by atoms with Crippen molar-refractivity contribution < 1.29 is 19.5 Å². The van der Waals surface area contributed by atoms with Crippen molar-refractivity contribution in [3.63, 3.8) is 0 Å². The number of anilines is 1. The van der Waals surface area contributed by atoms with Crippen LogP contribution in [0.1, 0.15) is 36.9 Å². The van der Waals surface area contributed by atoms with Crippen LogP contribution >= 0.6 is 0 Å². The number of aliphatic carboxylic acids is 1. The number of nitrogens with one attached hydrogen (secondary N) is 2. The van der Waals surface area contributed by atoms with Crippen LogP contribution in [0.2, 0.25) is 0 Å².